The Balaban J connectivity index is 1.92. The van der Waals surface area contributed by atoms with E-state index in [2.05, 4.69) is 17.3 Å². The molecule has 1 aliphatic heterocycles. The number of piperidine rings is 1. The first kappa shape index (κ1) is 10.4. The molecule has 0 aromatic carbocycles. The van der Waals surface area contributed by atoms with Crippen LogP contribution in [0.15, 0.2) is 0 Å². The quantitative estimate of drug-likeness (QED) is 0.681. The highest BCUT2D eigenvalue weighted by molar-refractivity contribution is 4.91. The second-order valence-corrected chi connectivity index (χ2v) is 4.68. The molecule has 2 fully saturated rings. The predicted octanol–water partition coefficient (Wildman–Crippen LogP) is 0.584. The lowest BCUT2D eigenvalue weighted by Gasteiger charge is -2.37. The van der Waals surface area contributed by atoms with Crippen LogP contribution in [0.1, 0.15) is 32.1 Å². The van der Waals surface area contributed by atoms with Crippen molar-refractivity contribution in [2.24, 2.45) is 0 Å². The smallest absolute Gasteiger partial charge is 0.0667 e. The van der Waals surface area contributed by atoms with E-state index in [4.69, 9.17) is 0 Å². The van der Waals surface area contributed by atoms with E-state index in [-0.39, 0.29) is 6.10 Å². The van der Waals surface area contributed by atoms with Crippen LogP contribution < -0.4 is 5.32 Å². The van der Waals surface area contributed by atoms with Crippen LogP contribution in [0.3, 0.4) is 0 Å². The number of aliphatic hydroxyl groups is 1. The molecule has 1 heterocycles. The maximum absolute atomic E-state index is 9.64. The van der Waals surface area contributed by atoms with E-state index >= 15 is 0 Å². The Labute approximate surface area is 86.5 Å². The fourth-order valence-electron chi connectivity index (χ4n) is 3.00. The van der Waals surface area contributed by atoms with E-state index in [9.17, 15) is 5.11 Å². The van der Waals surface area contributed by atoms with E-state index < -0.39 is 0 Å². The molecule has 2 N–H and O–H groups in total. The summed E-state index contributed by atoms with van der Waals surface area (Å²) < 4.78 is 0. The molecule has 3 unspecified atom stereocenters. The van der Waals surface area contributed by atoms with Gasteiger partial charge in [-0.3, -0.25) is 4.90 Å². The summed E-state index contributed by atoms with van der Waals surface area (Å²) in [5, 5.41) is 13.0. The van der Waals surface area contributed by atoms with Crippen molar-refractivity contribution in [3.63, 3.8) is 0 Å². The van der Waals surface area contributed by atoms with Gasteiger partial charge in [0, 0.05) is 18.6 Å². The number of nitrogens with one attached hydrogen (secondary N) is 1. The molecule has 3 nitrogen and oxygen atoms in total. The third-order valence-electron chi connectivity index (χ3n) is 3.75. The maximum Gasteiger partial charge on any atom is 0.0667 e. The largest absolute Gasteiger partial charge is 0.392 e. The van der Waals surface area contributed by atoms with Crippen molar-refractivity contribution in [3.8, 4) is 0 Å². The summed E-state index contributed by atoms with van der Waals surface area (Å²) in [5.41, 5.74) is 0. The molecule has 3 heteroatoms. The van der Waals surface area contributed by atoms with Gasteiger partial charge in [0.1, 0.15) is 0 Å². The Hall–Kier alpha value is -0.120. The number of aliphatic hydroxyl groups excluding tert-OH is 1. The minimum Gasteiger partial charge on any atom is -0.392 e. The molecule has 1 saturated carbocycles. The molecule has 0 radical (unpaired) electrons. The Kier molecular flexibility index (Phi) is 3.42. The van der Waals surface area contributed by atoms with Gasteiger partial charge in [0.2, 0.25) is 0 Å². The Morgan fingerprint density at radius 2 is 2.07 bits per heavy atom. The van der Waals surface area contributed by atoms with Crippen molar-refractivity contribution < 1.29 is 5.11 Å². The number of rotatable bonds is 2. The van der Waals surface area contributed by atoms with Gasteiger partial charge in [-0.2, -0.15) is 0 Å². The first-order valence-corrected chi connectivity index (χ1v) is 5.90. The lowest BCUT2D eigenvalue weighted by molar-refractivity contribution is 0.0417. The highest BCUT2D eigenvalue weighted by Crippen LogP contribution is 2.26. The van der Waals surface area contributed by atoms with Crippen molar-refractivity contribution in [3.05, 3.63) is 0 Å². The zero-order chi connectivity index (χ0) is 9.97. The average Bonchev–Trinajstić information content (AvgIpc) is 2.65. The summed E-state index contributed by atoms with van der Waals surface area (Å²) in [6.07, 6.45) is 6.01. The zero-order valence-corrected chi connectivity index (χ0v) is 9.08. The van der Waals surface area contributed by atoms with Gasteiger partial charge in [-0.05, 0) is 39.3 Å². The summed E-state index contributed by atoms with van der Waals surface area (Å²) >= 11 is 0. The lowest BCUT2D eigenvalue weighted by atomic mass is 10.0. The third kappa shape index (κ3) is 2.10. The molecular formula is C11H22N2O. The van der Waals surface area contributed by atoms with E-state index in [1.165, 1.54) is 25.8 Å². The summed E-state index contributed by atoms with van der Waals surface area (Å²) in [7, 11) is 2.06. The minimum absolute atomic E-state index is 0.0816. The molecular weight excluding hydrogens is 176 g/mol. The van der Waals surface area contributed by atoms with Crippen molar-refractivity contribution in [1.29, 1.82) is 0 Å². The normalized spacial score (nSPS) is 40.3. The van der Waals surface area contributed by atoms with Crippen LogP contribution in [0.2, 0.25) is 0 Å². The monoisotopic (exact) mass is 198 g/mol. The van der Waals surface area contributed by atoms with Gasteiger partial charge in [0.25, 0.3) is 0 Å². The fourth-order valence-corrected chi connectivity index (χ4v) is 3.00. The molecule has 0 aromatic heterocycles. The topological polar surface area (TPSA) is 35.5 Å². The second kappa shape index (κ2) is 4.60. The second-order valence-electron chi connectivity index (χ2n) is 4.68. The standard InChI is InChI=1S/C11H22N2O/c1-12-10-5-2-6-11(10)13-7-3-4-9(14)8-13/h9-12,14H,2-8H2,1H3. The van der Waals surface area contributed by atoms with Crippen LogP contribution >= 0.6 is 0 Å². The van der Waals surface area contributed by atoms with Crippen molar-refractivity contribution in [1.82, 2.24) is 10.2 Å². The molecule has 2 aliphatic rings. The molecule has 0 bridgehead atoms. The number of nitrogens with zero attached hydrogens (tertiary/aromatic N) is 1. The summed E-state index contributed by atoms with van der Waals surface area (Å²) in [6.45, 7) is 2.07. The molecule has 2 rings (SSSR count). The van der Waals surface area contributed by atoms with Crippen molar-refractivity contribution in [2.75, 3.05) is 20.1 Å². The minimum atomic E-state index is -0.0816. The first-order chi connectivity index (χ1) is 6.81. The summed E-state index contributed by atoms with van der Waals surface area (Å²) in [4.78, 5) is 2.49. The van der Waals surface area contributed by atoms with Gasteiger partial charge in [-0.25, -0.2) is 0 Å². The lowest BCUT2D eigenvalue weighted by Crippen LogP contribution is -2.50. The highest BCUT2D eigenvalue weighted by Gasteiger charge is 2.33. The van der Waals surface area contributed by atoms with Crippen LogP contribution in [0.4, 0.5) is 0 Å². The molecule has 0 aromatic rings. The van der Waals surface area contributed by atoms with E-state index in [1.807, 2.05) is 0 Å². The predicted molar refractivity (Wildman–Crippen MR) is 57.3 cm³/mol. The average molecular weight is 198 g/mol. The molecule has 3 atom stereocenters. The van der Waals surface area contributed by atoms with Crippen LogP contribution in [-0.2, 0) is 0 Å². The number of likely N-dealkylation sites (N-methyl/N-ethyl adjacent to an activating group) is 1. The van der Waals surface area contributed by atoms with E-state index in [0.717, 1.165) is 19.4 Å². The fraction of sp³-hybridized carbons (Fsp3) is 1.00. The molecule has 1 saturated heterocycles. The summed E-state index contributed by atoms with van der Waals surface area (Å²) in [5.74, 6) is 0. The van der Waals surface area contributed by atoms with Gasteiger partial charge in [0.05, 0.1) is 6.10 Å². The van der Waals surface area contributed by atoms with Gasteiger partial charge < -0.3 is 10.4 Å². The van der Waals surface area contributed by atoms with E-state index in [0.29, 0.717) is 12.1 Å². The zero-order valence-electron chi connectivity index (χ0n) is 9.08. The highest BCUT2D eigenvalue weighted by atomic mass is 16.3. The van der Waals surface area contributed by atoms with Crippen LogP contribution in [0, 0.1) is 0 Å². The number of β-amino-alcohol motifs (C(OH)–C–C–N with tert-alkyl or cyclic N) is 1. The van der Waals surface area contributed by atoms with Crippen molar-refractivity contribution in [2.45, 2.75) is 50.3 Å². The molecule has 1 aliphatic carbocycles. The summed E-state index contributed by atoms with van der Waals surface area (Å²) in [6, 6.07) is 1.33. The van der Waals surface area contributed by atoms with Gasteiger partial charge in [0.15, 0.2) is 0 Å². The van der Waals surface area contributed by atoms with Crippen LogP contribution in [0.5, 0.6) is 0 Å². The molecule has 0 spiro atoms. The first-order valence-electron chi connectivity index (χ1n) is 5.90. The third-order valence-corrected chi connectivity index (χ3v) is 3.75. The van der Waals surface area contributed by atoms with Crippen LogP contribution in [0.25, 0.3) is 0 Å². The molecule has 14 heavy (non-hydrogen) atoms. The maximum atomic E-state index is 9.64. The Bertz CT molecular complexity index is 186. The Morgan fingerprint density at radius 3 is 2.79 bits per heavy atom. The molecule has 0 amide bonds. The van der Waals surface area contributed by atoms with E-state index in [1.54, 1.807) is 0 Å². The van der Waals surface area contributed by atoms with Gasteiger partial charge in [-0.15, -0.1) is 0 Å². The number of likely N-dealkylation sites (tertiary alicyclic amines) is 1. The van der Waals surface area contributed by atoms with Gasteiger partial charge in [-0.1, -0.05) is 6.42 Å². The van der Waals surface area contributed by atoms with Crippen LogP contribution in [-0.4, -0.2) is 48.3 Å². The van der Waals surface area contributed by atoms with Gasteiger partial charge >= 0.3 is 0 Å². The number of hydrogen-bond acceptors (Lipinski definition) is 3. The molecule has 82 valence electrons. The Morgan fingerprint density at radius 1 is 1.21 bits per heavy atom. The van der Waals surface area contributed by atoms with Crippen molar-refractivity contribution >= 4 is 0 Å². The number of hydrogen-bond donors (Lipinski definition) is 2. The SMILES string of the molecule is CNC1CCCC1N1CCCC(O)C1.